The molecule has 1 aliphatic rings. The van der Waals surface area contributed by atoms with Crippen LogP contribution in [0.25, 0.3) is 0 Å². The lowest BCUT2D eigenvalue weighted by Gasteiger charge is -2.14. The molecule has 0 N–H and O–H groups in total. The van der Waals surface area contributed by atoms with Gasteiger partial charge in [0.05, 0.1) is 10.7 Å². The number of carbonyl (C=O) groups excluding carboxylic acids is 1. The first-order chi connectivity index (χ1) is 7.95. The summed E-state index contributed by atoms with van der Waals surface area (Å²) in [7, 11) is 0. The van der Waals surface area contributed by atoms with Crippen molar-refractivity contribution in [2.45, 2.75) is 51.9 Å². The molecule has 1 aromatic heterocycles. The largest absolute Gasteiger partial charge is 0.299 e. The number of carbonyl (C=O) groups is 1. The monoisotopic (exact) mass is 249 g/mol. The second kappa shape index (κ2) is 4.73. The number of ketones is 1. The van der Waals surface area contributed by atoms with Gasteiger partial charge in [0.2, 0.25) is 0 Å². The van der Waals surface area contributed by atoms with Crippen LogP contribution in [0.4, 0.5) is 0 Å². The Morgan fingerprint density at radius 3 is 2.65 bits per heavy atom. The second-order valence-electron chi connectivity index (χ2n) is 5.66. The Bertz CT molecular complexity index is 451. The Hall–Kier alpha value is -0.960. The molecule has 0 fully saturated rings. The maximum Gasteiger partial charge on any atom is 0.136 e. The van der Waals surface area contributed by atoms with Gasteiger partial charge >= 0.3 is 0 Å². The van der Waals surface area contributed by atoms with Crippen molar-refractivity contribution in [1.82, 2.24) is 4.98 Å². The maximum absolute atomic E-state index is 11.1. The van der Waals surface area contributed by atoms with Crippen molar-refractivity contribution in [2.24, 2.45) is 0 Å². The number of aromatic nitrogens is 1. The number of Topliss-reactive ketones (excluding diaryl/α,β-unsaturated/α-hetero) is 1. The summed E-state index contributed by atoms with van der Waals surface area (Å²) in [5, 5.41) is 3.33. The molecule has 0 unspecified atom stereocenters. The minimum atomic E-state index is 0.131. The average Bonchev–Trinajstić information content (AvgIpc) is 2.69. The zero-order valence-corrected chi connectivity index (χ0v) is 11.6. The number of hydrogen-bond donors (Lipinski definition) is 0. The molecule has 2 rings (SSSR count). The summed E-state index contributed by atoms with van der Waals surface area (Å²) in [6.45, 7) is 6.55. The predicted octanol–water partition coefficient (Wildman–Crippen LogP) is 3.66. The van der Waals surface area contributed by atoms with Gasteiger partial charge in [0, 0.05) is 30.1 Å². The van der Waals surface area contributed by atoms with Gasteiger partial charge in [0.15, 0.2) is 0 Å². The van der Waals surface area contributed by atoms with Gasteiger partial charge in [-0.05, 0) is 6.42 Å². The van der Waals surface area contributed by atoms with E-state index in [1.54, 1.807) is 11.3 Å². The van der Waals surface area contributed by atoms with Gasteiger partial charge in [-0.25, -0.2) is 4.98 Å². The third-order valence-electron chi connectivity index (χ3n) is 3.04. The lowest BCUT2D eigenvalue weighted by Crippen LogP contribution is -2.11. The Labute approximate surface area is 107 Å². The van der Waals surface area contributed by atoms with Crippen LogP contribution in [0.15, 0.2) is 17.0 Å². The van der Waals surface area contributed by atoms with E-state index in [1.807, 2.05) is 0 Å². The molecule has 2 nitrogen and oxygen atoms in total. The van der Waals surface area contributed by atoms with E-state index < -0.39 is 0 Å². The molecule has 0 amide bonds. The normalized spacial score (nSPS) is 17.1. The van der Waals surface area contributed by atoms with Crippen LogP contribution >= 0.6 is 11.3 Å². The summed E-state index contributed by atoms with van der Waals surface area (Å²) in [4.78, 5) is 15.8. The van der Waals surface area contributed by atoms with E-state index in [9.17, 15) is 4.79 Å². The van der Waals surface area contributed by atoms with E-state index in [4.69, 9.17) is 0 Å². The Balaban J connectivity index is 2.05. The van der Waals surface area contributed by atoms with Gasteiger partial charge < -0.3 is 0 Å². The first-order valence-electron chi connectivity index (χ1n) is 6.09. The van der Waals surface area contributed by atoms with Crippen LogP contribution in [0, 0.1) is 0 Å². The highest BCUT2D eigenvalue weighted by Gasteiger charge is 2.18. The second-order valence-corrected chi connectivity index (χ2v) is 6.60. The summed E-state index contributed by atoms with van der Waals surface area (Å²) in [5.74, 6) is 0.364. The molecule has 92 valence electrons. The number of rotatable bonds is 2. The molecule has 0 atom stereocenters. The highest BCUT2D eigenvalue weighted by molar-refractivity contribution is 7.09. The Kier molecular flexibility index (Phi) is 3.48. The van der Waals surface area contributed by atoms with Crippen LogP contribution in [-0.2, 0) is 16.6 Å². The van der Waals surface area contributed by atoms with Crippen LogP contribution in [0.1, 0.15) is 50.7 Å². The quantitative estimate of drug-likeness (QED) is 0.749. The lowest BCUT2D eigenvalue weighted by atomic mass is 9.93. The van der Waals surface area contributed by atoms with E-state index in [2.05, 4.69) is 37.2 Å². The molecule has 1 aromatic rings. The van der Waals surface area contributed by atoms with Crippen molar-refractivity contribution >= 4 is 17.1 Å². The summed E-state index contributed by atoms with van der Waals surface area (Å²) >= 11 is 1.73. The zero-order valence-electron chi connectivity index (χ0n) is 10.7. The van der Waals surface area contributed by atoms with Gasteiger partial charge in [-0.2, -0.15) is 0 Å². The lowest BCUT2D eigenvalue weighted by molar-refractivity contribution is -0.118. The molecule has 0 aliphatic heterocycles. The van der Waals surface area contributed by atoms with Crippen LogP contribution in [0.2, 0.25) is 0 Å². The SMILES string of the molecule is CC(C)(C)c1csc(CC2=CCC(=O)CC2)n1. The van der Waals surface area contributed by atoms with Crippen molar-refractivity contribution in [3.8, 4) is 0 Å². The standard InChI is InChI=1S/C14H19NOS/c1-14(2,3)12-9-17-13(15-12)8-10-4-6-11(16)7-5-10/h4,9H,5-8H2,1-3H3. The summed E-state index contributed by atoms with van der Waals surface area (Å²) < 4.78 is 0. The van der Waals surface area contributed by atoms with E-state index in [1.165, 1.54) is 16.3 Å². The van der Waals surface area contributed by atoms with Crippen molar-refractivity contribution < 1.29 is 4.79 Å². The summed E-state index contributed by atoms with van der Waals surface area (Å²) in [6, 6.07) is 0. The smallest absolute Gasteiger partial charge is 0.136 e. The van der Waals surface area contributed by atoms with E-state index in [0.717, 1.165) is 12.8 Å². The molecular formula is C14H19NOS. The van der Waals surface area contributed by atoms with Crippen LogP contribution in [0.3, 0.4) is 0 Å². The van der Waals surface area contributed by atoms with Crippen LogP contribution in [-0.4, -0.2) is 10.8 Å². The van der Waals surface area contributed by atoms with Crippen LogP contribution in [0.5, 0.6) is 0 Å². The number of hydrogen-bond acceptors (Lipinski definition) is 3. The summed E-state index contributed by atoms with van der Waals surface area (Å²) in [5.41, 5.74) is 2.68. The fourth-order valence-corrected chi connectivity index (χ4v) is 2.93. The fourth-order valence-electron chi connectivity index (χ4n) is 1.85. The highest BCUT2D eigenvalue weighted by Crippen LogP contribution is 2.26. The maximum atomic E-state index is 11.1. The van der Waals surface area contributed by atoms with Gasteiger partial charge in [-0.3, -0.25) is 4.79 Å². The first kappa shape index (κ1) is 12.5. The first-order valence-corrected chi connectivity index (χ1v) is 6.97. The predicted molar refractivity (Wildman–Crippen MR) is 71.5 cm³/mol. The Morgan fingerprint density at radius 1 is 1.35 bits per heavy atom. The molecule has 0 spiro atoms. The van der Waals surface area contributed by atoms with Crippen molar-refractivity contribution in [3.63, 3.8) is 0 Å². The molecule has 1 heterocycles. The number of allylic oxidation sites excluding steroid dienone is 2. The van der Waals surface area contributed by atoms with E-state index >= 15 is 0 Å². The van der Waals surface area contributed by atoms with Gasteiger partial charge in [0.25, 0.3) is 0 Å². The average molecular weight is 249 g/mol. The molecule has 0 bridgehead atoms. The highest BCUT2D eigenvalue weighted by atomic mass is 32.1. The zero-order chi connectivity index (χ0) is 12.5. The topological polar surface area (TPSA) is 30.0 Å². The molecule has 3 heteroatoms. The summed E-state index contributed by atoms with van der Waals surface area (Å²) in [6.07, 6.45) is 5.26. The number of thiazole rings is 1. The number of nitrogens with zero attached hydrogens (tertiary/aromatic N) is 1. The van der Waals surface area contributed by atoms with E-state index in [0.29, 0.717) is 18.6 Å². The molecule has 17 heavy (non-hydrogen) atoms. The minimum absolute atomic E-state index is 0.131. The molecular weight excluding hydrogens is 230 g/mol. The van der Waals surface area contributed by atoms with Gasteiger partial charge in [-0.15, -0.1) is 11.3 Å². The van der Waals surface area contributed by atoms with E-state index in [-0.39, 0.29) is 5.41 Å². The van der Waals surface area contributed by atoms with Crippen LogP contribution < -0.4 is 0 Å². The third-order valence-corrected chi connectivity index (χ3v) is 3.89. The molecule has 0 saturated heterocycles. The third kappa shape index (κ3) is 3.25. The van der Waals surface area contributed by atoms with Gasteiger partial charge in [-0.1, -0.05) is 32.4 Å². The molecule has 0 aromatic carbocycles. The minimum Gasteiger partial charge on any atom is -0.299 e. The fraction of sp³-hybridized carbons (Fsp3) is 0.571. The molecule has 0 saturated carbocycles. The van der Waals surface area contributed by atoms with Crippen molar-refractivity contribution in [2.75, 3.05) is 0 Å². The van der Waals surface area contributed by atoms with Crippen molar-refractivity contribution in [3.05, 3.63) is 27.7 Å². The van der Waals surface area contributed by atoms with Crippen molar-refractivity contribution in [1.29, 1.82) is 0 Å². The van der Waals surface area contributed by atoms with Gasteiger partial charge in [0.1, 0.15) is 5.78 Å². The Morgan fingerprint density at radius 2 is 2.12 bits per heavy atom. The molecule has 0 radical (unpaired) electrons. The molecule has 1 aliphatic carbocycles.